The van der Waals surface area contributed by atoms with Crippen molar-refractivity contribution >= 4 is 11.8 Å². The van der Waals surface area contributed by atoms with Crippen LogP contribution < -0.4 is 10.6 Å². The number of hydrogen-bond donors (Lipinski definition) is 2. The minimum Gasteiger partial charge on any atom is -0.355 e. The highest BCUT2D eigenvalue weighted by molar-refractivity contribution is 5.94. The fourth-order valence-corrected chi connectivity index (χ4v) is 3.33. The lowest BCUT2D eigenvalue weighted by atomic mass is 10.1. The second-order valence-corrected chi connectivity index (χ2v) is 6.48. The van der Waals surface area contributed by atoms with Gasteiger partial charge < -0.3 is 10.6 Å². The largest absolute Gasteiger partial charge is 0.355 e. The molecule has 8 nitrogen and oxygen atoms in total. The second-order valence-electron chi connectivity index (χ2n) is 6.48. The number of carbonyl (C=O) groups excluding carboxylic acids is 2. The van der Waals surface area contributed by atoms with Crippen molar-refractivity contribution in [3.8, 4) is 5.69 Å². The molecule has 27 heavy (non-hydrogen) atoms. The summed E-state index contributed by atoms with van der Waals surface area (Å²) in [4.78, 5) is 26.9. The summed E-state index contributed by atoms with van der Waals surface area (Å²) in [5, 5.41) is 13.4. The Morgan fingerprint density at radius 2 is 1.96 bits per heavy atom. The molecule has 0 aliphatic carbocycles. The lowest BCUT2D eigenvalue weighted by Gasteiger charge is -2.21. The summed E-state index contributed by atoms with van der Waals surface area (Å²) in [5.74, 6) is -0.153. The molecule has 8 heteroatoms. The van der Waals surface area contributed by atoms with E-state index >= 15 is 0 Å². The van der Waals surface area contributed by atoms with Gasteiger partial charge in [0.25, 0.3) is 5.91 Å². The van der Waals surface area contributed by atoms with Crippen LogP contribution in [-0.2, 0) is 4.79 Å². The molecule has 2 atom stereocenters. The standard InChI is InChI=1S/C19H24N6O2/c1-3-9-24-11-15(10-17(24)19(27)20-4-2)23-18(26)14-5-7-16(8-6-14)25-12-21-22-13-25/h3,5-8,12-13,15,17H,1,4,9-11H2,2H3,(H,20,27)(H,23,26). The van der Waals surface area contributed by atoms with Crippen molar-refractivity contribution in [2.24, 2.45) is 0 Å². The Hall–Kier alpha value is -3.00. The minimum absolute atomic E-state index is 0.00519. The number of likely N-dealkylation sites (tertiary alicyclic amines) is 1. The fourth-order valence-electron chi connectivity index (χ4n) is 3.33. The van der Waals surface area contributed by atoms with Crippen molar-refractivity contribution in [1.29, 1.82) is 0 Å². The molecule has 0 bridgehead atoms. The molecule has 0 spiro atoms. The van der Waals surface area contributed by atoms with Gasteiger partial charge in [-0.3, -0.25) is 19.1 Å². The topological polar surface area (TPSA) is 92.2 Å². The number of nitrogens with zero attached hydrogens (tertiary/aromatic N) is 4. The van der Waals surface area contributed by atoms with Crippen molar-refractivity contribution in [2.45, 2.75) is 25.4 Å². The van der Waals surface area contributed by atoms with Crippen LogP contribution in [0, 0.1) is 0 Å². The van der Waals surface area contributed by atoms with E-state index in [1.54, 1.807) is 35.4 Å². The summed E-state index contributed by atoms with van der Waals surface area (Å²) in [5.41, 5.74) is 1.45. The van der Waals surface area contributed by atoms with Gasteiger partial charge in [0.15, 0.2) is 0 Å². The Labute approximate surface area is 158 Å². The first kappa shape index (κ1) is 18.8. The van der Waals surface area contributed by atoms with Gasteiger partial charge in [0, 0.05) is 36.9 Å². The molecular formula is C19H24N6O2. The highest BCUT2D eigenvalue weighted by Gasteiger charge is 2.36. The molecule has 1 saturated heterocycles. The van der Waals surface area contributed by atoms with Crippen LogP contribution in [0.25, 0.3) is 5.69 Å². The smallest absolute Gasteiger partial charge is 0.251 e. The molecule has 2 amide bonds. The Morgan fingerprint density at radius 1 is 1.26 bits per heavy atom. The molecular weight excluding hydrogens is 344 g/mol. The Kier molecular flexibility index (Phi) is 5.97. The van der Waals surface area contributed by atoms with E-state index in [0.29, 0.717) is 31.6 Å². The summed E-state index contributed by atoms with van der Waals surface area (Å²) in [6, 6.07) is 6.89. The zero-order chi connectivity index (χ0) is 19.2. The van der Waals surface area contributed by atoms with E-state index in [-0.39, 0.29) is 23.9 Å². The van der Waals surface area contributed by atoms with Crippen LogP contribution in [0.1, 0.15) is 23.7 Å². The zero-order valence-corrected chi connectivity index (χ0v) is 15.3. The van der Waals surface area contributed by atoms with Gasteiger partial charge in [-0.2, -0.15) is 0 Å². The maximum Gasteiger partial charge on any atom is 0.251 e. The predicted molar refractivity (Wildman–Crippen MR) is 101 cm³/mol. The average Bonchev–Trinajstić information content (AvgIpc) is 3.33. The number of likely N-dealkylation sites (N-methyl/N-ethyl adjacent to an activating group) is 1. The van der Waals surface area contributed by atoms with Gasteiger partial charge in [-0.25, -0.2) is 0 Å². The average molecular weight is 368 g/mol. The van der Waals surface area contributed by atoms with E-state index in [2.05, 4.69) is 27.4 Å². The number of amides is 2. The van der Waals surface area contributed by atoms with Gasteiger partial charge in [-0.05, 0) is 37.6 Å². The third kappa shape index (κ3) is 4.40. The van der Waals surface area contributed by atoms with Crippen LogP contribution in [0.2, 0.25) is 0 Å². The monoisotopic (exact) mass is 368 g/mol. The zero-order valence-electron chi connectivity index (χ0n) is 15.3. The van der Waals surface area contributed by atoms with E-state index in [1.165, 1.54) is 0 Å². The lowest BCUT2D eigenvalue weighted by Crippen LogP contribution is -2.43. The molecule has 1 aliphatic rings. The van der Waals surface area contributed by atoms with E-state index < -0.39 is 0 Å². The van der Waals surface area contributed by atoms with E-state index in [1.807, 2.05) is 24.0 Å². The highest BCUT2D eigenvalue weighted by atomic mass is 16.2. The number of benzene rings is 1. The minimum atomic E-state index is -0.246. The molecule has 1 aliphatic heterocycles. The molecule has 2 unspecified atom stereocenters. The number of nitrogens with one attached hydrogen (secondary N) is 2. The highest BCUT2D eigenvalue weighted by Crippen LogP contribution is 2.19. The third-order valence-corrected chi connectivity index (χ3v) is 4.60. The Morgan fingerprint density at radius 3 is 2.59 bits per heavy atom. The van der Waals surface area contributed by atoms with Crippen LogP contribution in [0.4, 0.5) is 0 Å². The molecule has 2 N–H and O–H groups in total. The van der Waals surface area contributed by atoms with Gasteiger partial charge in [0.1, 0.15) is 12.7 Å². The van der Waals surface area contributed by atoms with Gasteiger partial charge >= 0.3 is 0 Å². The molecule has 1 fully saturated rings. The fraction of sp³-hybridized carbons (Fsp3) is 0.368. The van der Waals surface area contributed by atoms with Crippen LogP contribution in [0.3, 0.4) is 0 Å². The lowest BCUT2D eigenvalue weighted by molar-refractivity contribution is -0.125. The van der Waals surface area contributed by atoms with E-state index in [9.17, 15) is 9.59 Å². The molecule has 0 saturated carbocycles. The summed E-state index contributed by atoms with van der Waals surface area (Å²) in [6.07, 6.45) is 5.57. The van der Waals surface area contributed by atoms with Crippen LogP contribution >= 0.6 is 0 Å². The van der Waals surface area contributed by atoms with Crippen molar-refractivity contribution < 1.29 is 9.59 Å². The molecule has 1 aromatic heterocycles. The molecule has 2 aromatic rings. The first-order valence-corrected chi connectivity index (χ1v) is 9.01. The summed E-state index contributed by atoms with van der Waals surface area (Å²) in [7, 11) is 0. The van der Waals surface area contributed by atoms with Crippen molar-refractivity contribution in [3.05, 3.63) is 55.1 Å². The molecule has 3 rings (SSSR count). The van der Waals surface area contributed by atoms with Crippen molar-refractivity contribution in [3.63, 3.8) is 0 Å². The number of hydrogen-bond acceptors (Lipinski definition) is 5. The van der Waals surface area contributed by atoms with Gasteiger partial charge in [-0.15, -0.1) is 16.8 Å². The number of rotatable bonds is 7. The predicted octanol–water partition coefficient (Wildman–Crippen LogP) is 0.762. The van der Waals surface area contributed by atoms with Gasteiger partial charge in [0.05, 0.1) is 6.04 Å². The first-order valence-electron chi connectivity index (χ1n) is 9.01. The molecule has 2 heterocycles. The number of aromatic nitrogens is 3. The second kappa shape index (κ2) is 8.59. The van der Waals surface area contributed by atoms with E-state index in [4.69, 9.17) is 0 Å². The molecule has 142 valence electrons. The van der Waals surface area contributed by atoms with Crippen molar-refractivity contribution in [1.82, 2.24) is 30.3 Å². The summed E-state index contributed by atoms with van der Waals surface area (Å²) < 4.78 is 1.77. The summed E-state index contributed by atoms with van der Waals surface area (Å²) >= 11 is 0. The summed E-state index contributed by atoms with van der Waals surface area (Å²) in [6.45, 7) is 7.48. The maximum atomic E-state index is 12.6. The van der Waals surface area contributed by atoms with Gasteiger partial charge in [-0.1, -0.05) is 6.08 Å². The molecule has 0 radical (unpaired) electrons. The van der Waals surface area contributed by atoms with Crippen LogP contribution in [0.15, 0.2) is 49.6 Å². The third-order valence-electron chi connectivity index (χ3n) is 4.60. The maximum absolute atomic E-state index is 12.6. The number of carbonyl (C=O) groups is 2. The first-order chi connectivity index (χ1) is 13.1. The Bertz CT molecular complexity index is 787. The van der Waals surface area contributed by atoms with Crippen LogP contribution in [-0.4, -0.2) is 63.2 Å². The molecule has 1 aromatic carbocycles. The Balaban J connectivity index is 1.63. The van der Waals surface area contributed by atoms with Crippen molar-refractivity contribution in [2.75, 3.05) is 19.6 Å². The quantitative estimate of drug-likeness (QED) is 0.704. The normalized spacial score (nSPS) is 19.6. The van der Waals surface area contributed by atoms with Gasteiger partial charge in [0.2, 0.25) is 5.91 Å². The van der Waals surface area contributed by atoms with E-state index in [0.717, 1.165) is 5.69 Å². The van der Waals surface area contributed by atoms with Crippen LogP contribution in [0.5, 0.6) is 0 Å². The SMILES string of the molecule is C=CCN1CC(NC(=O)c2ccc(-n3cnnc3)cc2)CC1C(=O)NCC.